The molecule has 0 spiro atoms. The zero-order valence-corrected chi connectivity index (χ0v) is 29.5. The third kappa shape index (κ3) is 5.97. The van der Waals surface area contributed by atoms with Crippen molar-refractivity contribution in [2.24, 2.45) is 57.7 Å². The van der Waals surface area contributed by atoms with Gasteiger partial charge in [0.1, 0.15) is 11.2 Å². The van der Waals surface area contributed by atoms with Crippen molar-refractivity contribution in [3.8, 4) is 0 Å². The van der Waals surface area contributed by atoms with Gasteiger partial charge < -0.3 is 9.47 Å². The van der Waals surface area contributed by atoms with Crippen molar-refractivity contribution in [3.05, 3.63) is 0 Å². The van der Waals surface area contributed by atoms with Gasteiger partial charge in [0.15, 0.2) is 0 Å². The van der Waals surface area contributed by atoms with Crippen LogP contribution in [0.25, 0.3) is 0 Å². The largest absolute Gasteiger partial charge is 0.459 e. The number of hydrogen-bond acceptors (Lipinski definition) is 4. The summed E-state index contributed by atoms with van der Waals surface area (Å²) in [6, 6.07) is 0. The Labute approximate surface area is 264 Å². The Morgan fingerprint density at radius 3 is 1.33 bits per heavy atom. The molecule has 8 bridgehead atoms. The molecule has 1 unspecified atom stereocenters. The molecule has 0 aromatic heterocycles. The van der Waals surface area contributed by atoms with Crippen LogP contribution >= 0.6 is 0 Å². The van der Waals surface area contributed by atoms with Crippen molar-refractivity contribution in [2.45, 2.75) is 176 Å². The van der Waals surface area contributed by atoms with E-state index >= 15 is 0 Å². The lowest BCUT2D eigenvalue weighted by atomic mass is 9.44. The summed E-state index contributed by atoms with van der Waals surface area (Å²) in [5.41, 5.74) is -0.344. The van der Waals surface area contributed by atoms with Crippen LogP contribution in [0.15, 0.2) is 0 Å². The van der Waals surface area contributed by atoms with Gasteiger partial charge in [-0.2, -0.15) is 0 Å². The summed E-state index contributed by atoms with van der Waals surface area (Å²) in [7, 11) is 0. The van der Waals surface area contributed by atoms with Crippen LogP contribution in [0.1, 0.15) is 165 Å². The summed E-state index contributed by atoms with van der Waals surface area (Å²) < 4.78 is 12.5. The number of carbonyl (C=O) groups excluding carboxylic acids is 2. The lowest BCUT2D eigenvalue weighted by Gasteiger charge is -2.63. The summed E-state index contributed by atoms with van der Waals surface area (Å²) in [6.07, 6.45) is 20.1. The van der Waals surface area contributed by atoms with Gasteiger partial charge in [-0.15, -0.1) is 0 Å². The van der Waals surface area contributed by atoms with Crippen molar-refractivity contribution in [3.63, 3.8) is 0 Å². The van der Waals surface area contributed by atoms with Crippen molar-refractivity contribution >= 4 is 11.9 Å². The Balaban J connectivity index is 0.000000173. The van der Waals surface area contributed by atoms with E-state index in [0.717, 1.165) is 61.2 Å². The molecular weight excluding hydrogens is 532 g/mol. The summed E-state index contributed by atoms with van der Waals surface area (Å²) in [4.78, 5) is 25.2. The fraction of sp³-hybridized carbons (Fsp3) is 0.949. The maximum absolute atomic E-state index is 12.9. The van der Waals surface area contributed by atoms with Gasteiger partial charge >= 0.3 is 11.9 Å². The molecule has 8 fully saturated rings. The van der Waals surface area contributed by atoms with E-state index < -0.39 is 0 Å². The predicted molar refractivity (Wildman–Crippen MR) is 174 cm³/mol. The SMILES string of the molecule is CCC(C)(C)C(=O)OC(CC)(CC)C12CC3CC(CC(C3)C1)C2.CCC(C)C(=O)OC(C)(C)C12CC3CC(CC(C3)C1)C2. The van der Waals surface area contributed by atoms with Gasteiger partial charge in [0.25, 0.3) is 0 Å². The third-order valence-electron chi connectivity index (χ3n) is 14.6. The Morgan fingerprint density at radius 2 is 1.00 bits per heavy atom. The molecule has 0 aromatic rings. The molecule has 0 aliphatic heterocycles. The van der Waals surface area contributed by atoms with Crippen LogP contribution in [-0.4, -0.2) is 23.1 Å². The molecule has 4 heteroatoms. The van der Waals surface area contributed by atoms with E-state index in [2.05, 4.69) is 41.5 Å². The smallest absolute Gasteiger partial charge is 0.312 e. The molecule has 8 aliphatic carbocycles. The van der Waals surface area contributed by atoms with Crippen molar-refractivity contribution in [1.29, 1.82) is 0 Å². The normalized spacial score (nSPS) is 38.3. The zero-order chi connectivity index (χ0) is 31.4. The number of rotatable bonds is 10. The van der Waals surface area contributed by atoms with Crippen molar-refractivity contribution < 1.29 is 19.1 Å². The van der Waals surface area contributed by atoms with Crippen LogP contribution in [0, 0.1) is 57.7 Å². The number of hydrogen-bond donors (Lipinski definition) is 0. The topological polar surface area (TPSA) is 52.6 Å². The van der Waals surface area contributed by atoms with E-state index in [1.165, 1.54) is 77.0 Å². The molecular formula is C39H66O4. The van der Waals surface area contributed by atoms with Crippen LogP contribution in [0.3, 0.4) is 0 Å². The lowest BCUT2D eigenvalue weighted by molar-refractivity contribution is -0.219. The van der Waals surface area contributed by atoms with Gasteiger partial charge in [0.2, 0.25) is 0 Å². The Bertz CT molecular complexity index is 946. The van der Waals surface area contributed by atoms with Gasteiger partial charge in [0, 0.05) is 10.8 Å². The molecule has 246 valence electrons. The van der Waals surface area contributed by atoms with Crippen molar-refractivity contribution in [1.82, 2.24) is 0 Å². The summed E-state index contributed by atoms with van der Waals surface area (Å²) in [5, 5.41) is 0. The molecule has 8 aliphatic rings. The first-order valence-electron chi connectivity index (χ1n) is 18.6. The summed E-state index contributed by atoms with van der Waals surface area (Å²) >= 11 is 0. The molecule has 0 saturated heterocycles. The lowest BCUT2D eigenvalue weighted by Crippen LogP contribution is -2.60. The fourth-order valence-corrected chi connectivity index (χ4v) is 11.9. The number of esters is 2. The van der Waals surface area contributed by atoms with Gasteiger partial charge in [-0.25, -0.2) is 0 Å². The minimum atomic E-state index is -0.363. The maximum atomic E-state index is 12.9. The minimum Gasteiger partial charge on any atom is -0.459 e. The van der Waals surface area contributed by atoms with Gasteiger partial charge in [-0.3, -0.25) is 9.59 Å². The second-order valence-electron chi connectivity index (χ2n) is 18.0. The van der Waals surface area contributed by atoms with Crippen LogP contribution in [0.5, 0.6) is 0 Å². The molecule has 0 radical (unpaired) electrons. The molecule has 8 rings (SSSR count). The van der Waals surface area contributed by atoms with Gasteiger partial charge in [-0.05, 0) is 166 Å². The first-order chi connectivity index (χ1) is 20.1. The molecule has 0 aromatic carbocycles. The van der Waals surface area contributed by atoms with Gasteiger partial charge in [0.05, 0.1) is 11.3 Å². The van der Waals surface area contributed by atoms with E-state index in [1.54, 1.807) is 0 Å². The van der Waals surface area contributed by atoms with Crippen molar-refractivity contribution in [2.75, 3.05) is 0 Å². The average Bonchev–Trinajstić information content (AvgIpc) is 2.93. The highest BCUT2D eigenvalue weighted by Gasteiger charge is 2.62. The van der Waals surface area contributed by atoms with Crippen LogP contribution < -0.4 is 0 Å². The summed E-state index contributed by atoms with van der Waals surface area (Å²) in [5.74, 6) is 5.48. The zero-order valence-electron chi connectivity index (χ0n) is 29.5. The van der Waals surface area contributed by atoms with E-state index in [-0.39, 0.29) is 45.3 Å². The van der Waals surface area contributed by atoms with E-state index in [0.29, 0.717) is 0 Å². The molecule has 0 N–H and O–H groups in total. The predicted octanol–water partition coefficient (Wildman–Crippen LogP) is 10.3. The fourth-order valence-electron chi connectivity index (χ4n) is 11.9. The Morgan fingerprint density at radius 1 is 0.628 bits per heavy atom. The first-order valence-corrected chi connectivity index (χ1v) is 18.6. The second-order valence-corrected chi connectivity index (χ2v) is 18.0. The average molecular weight is 599 g/mol. The highest BCUT2D eigenvalue weighted by atomic mass is 16.6. The molecule has 4 nitrogen and oxygen atoms in total. The van der Waals surface area contributed by atoms with E-state index in [9.17, 15) is 9.59 Å². The van der Waals surface area contributed by atoms with Gasteiger partial charge in [-0.1, -0.05) is 34.6 Å². The Kier molecular flexibility index (Phi) is 9.25. The highest BCUT2D eigenvalue weighted by Crippen LogP contribution is 2.66. The minimum absolute atomic E-state index is 0.00763. The number of carbonyl (C=O) groups is 2. The quantitative estimate of drug-likeness (QED) is 0.235. The second kappa shape index (κ2) is 11.9. The van der Waals surface area contributed by atoms with Crippen LogP contribution in [-0.2, 0) is 19.1 Å². The molecule has 43 heavy (non-hydrogen) atoms. The van der Waals surface area contributed by atoms with Crippen LogP contribution in [0.2, 0.25) is 0 Å². The van der Waals surface area contributed by atoms with Crippen LogP contribution in [0.4, 0.5) is 0 Å². The standard InChI is InChI=1S/C21H36O2.C18H30O2/c1-6-19(4,5)18(22)23-21(7-2,8-3)20-12-15-9-16(13-20)11-17(10-15)14-20;1-5-12(2)16(19)20-17(3,4)18-9-13-6-14(10-18)8-15(7-13)11-18/h15-17H,6-14H2,1-5H3;12-15H,5-11H2,1-4H3. The van der Waals surface area contributed by atoms with E-state index in [1.807, 2.05) is 20.8 Å². The first kappa shape index (κ1) is 33.3. The Hall–Kier alpha value is -1.06. The number of ether oxygens (including phenoxy) is 2. The summed E-state index contributed by atoms with van der Waals surface area (Å²) in [6.45, 7) is 19.0. The third-order valence-corrected chi connectivity index (χ3v) is 14.6. The molecule has 0 amide bonds. The molecule has 0 heterocycles. The highest BCUT2D eigenvalue weighted by molar-refractivity contribution is 5.76. The molecule has 8 saturated carbocycles. The maximum Gasteiger partial charge on any atom is 0.312 e. The monoisotopic (exact) mass is 598 g/mol. The van der Waals surface area contributed by atoms with E-state index in [4.69, 9.17) is 9.47 Å². The molecule has 1 atom stereocenters.